The number of aliphatic hydroxyl groups is 1. The second-order valence-electron chi connectivity index (χ2n) is 5.90. The number of amides is 1. The largest absolute Gasteiger partial charge is 0.394 e. The molecule has 1 aliphatic heterocycles. The maximum atomic E-state index is 12.7. The highest BCUT2D eigenvalue weighted by Crippen LogP contribution is 2.24. The Kier molecular flexibility index (Phi) is 7.08. The number of rotatable bonds is 8. The van der Waals surface area contributed by atoms with Crippen LogP contribution in [0.3, 0.4) is 0 Å². The summed E-state index contributed by atoms with van der Waals surface area (Å²) in [6, 6.07) is 0. The molecule has 0 radical (unpaired) electrons. The first-order chi connectivity index (χ1) is 11.7. The third kappa shape index (κ3) is 4.49. The summed E-state index contributed by atoms with van der Waals surface area (Å²) in [5, 5.41) is 12.0. The fourth-order valence-corrected chi connectivity index (χ4v) is 2.97. The fraction of sp³-hybridized carbons (Fsp3) is 0.706. The number of hydrogen-bond acceptors (Lipinski definition) is 6. The van der Waals surface area contributed by atoms with Gasteiger partial charge in [0.05, 0.1) is 35.8 Å². The minimum Gasteiger partial charge on any atom is -0.394 e. The van der Waals surface area contributed by atoms with E-state index in [2.05, 4.69) is 15.3 Å². The molecule has 2 heterocycles. The van der Waals surface area contributed by atoms with E-state index in [1.807, 2.05) is 13.8 Å². The van der Waals surface area contributed by atoms with Crippen LogP contribution in [-0.2, 0) is 22.3 Å². The van der Waals surface area contributed by atoms with Crippen LogP contribution in [0.4, 0.5) is 0 Å². The van der Waals surface area contributed by atoms with Crippen molar-refractivity contribution in [1.82, 2.24) is 15.3 Å². The molecule has 1 amide bonds. The van der Waals surface area contributed by atoms with Gasteiger partial charge in [-0.3, -0.25) is 4.79 Å². The standard InChI is InChI=1S/C17H27N3O4/c1-3-13-15(14(4-2)20-12-19-13)16(22)18-11-17(24-10-7-21)5-8-23-9-6-17/h12,21H,3-11H2,1-2H3,(H,18,22). The summed E-state index contributed by atoms with van der Waals surface area (Å²) in [6.45, 7) is 5.74. The number of nitrogens with zero attached hydrogens (tertiary/aromatic N) is 2. The molecule has 0 aliphatic carbocycles. The smallest absolute Gasteiger partial charge is 0.255 e. The summed E-state index contributed by atoms with van der Waals surface area (Å²) in [4.78, 5) is 21.2. The van der Waals surface area contributed by atoms with Crippen LogP contribution >= 0.6 is 0 Å². The van der Waals surface area contributed by atoms with Crippen LogP contribution < -0.4 is 5.32 Å². The van der Waals surface area contributed by atoms with E-state index in [4.69, 9.17) is 14.6 Å². The summed E-state index contributed by atoms with van der Waals surface area (Å²) in [5.41, 5.74) is 1.62. The van der Waals surface area contributed by atoms with E-state index < -0.39 is 5.60 Å². The maximum Gasteiger partial charge on any atom is 0.255 e. The van der Waals surface area contributed by atoms with Gasteiger partial charge in [0, 0.05) is 32.6 Å². The van der Waals surface area contributed by atoms with E-state index in [0.717, 1.165) is 11.4 Å². The van der Waals surface area contributed by atoms with Gasteiger partial charge in [-0.25, -0.2) is 9.97 Å². The van der Waals surface area contributed by atoms with Gasteiger partial charge in [0.25, 0.3) is 5.91 Å². The van der Waals surface area contributed by atoms with Gasteiger partial charge in [0.1, 0.15) is 6.33 Å². The Labute approximate surface area is 142 Å². The average Bonchev–Trinajstić information content (AvgIpc) is 2.64. The number of hydrogen-bond donors (Lipinski definition) is 2. The van der Waals surface area contributed by atoms with Crippen molar-refractivity contribution in [2.24, 2.45) is 0 Å². The van der Waals surface area contributed by atoms with Crippen molar-refractivity contribution in [3.05, 3.63) is 23.3 Å². The SMILES string of the molecule is CCc1ncnc(CC)c1C(=O)NCC1(OCCO)CCOCC1. The topological polar surface area (TPSA) is 93.6 Å². The Balaban J connectivity index is 2.11. The first-order valence-corrected chi connectivity index (χ1v) is 8.59. The molecule has 0 bridgehead atoms. The number of ether oxygens (including phenoxy) is 2. The highest BCUT2D eigenvalue weighted by molar-refractivity contribution is 5.96. The Hall–Kier alpha value is -1.57. The van der Waals surface area contributed by atoms with E-state index >= 15 is 0 Å². The van der Waals surface area contributed by atoms with Gasteiger partial charge in [-0.05, 0) is 12.8 Å². The number of aromatic nitrogens is 2. The van der Waals surface area contributed by atoms with E-state index in [9.17, 15) is 4.79 Å². The summed E-state index contributed by atoms with van der Waals surface area (Å²) in [5.74, 6) is -0.164. The molecule has 1 aliphatic rings. The monoisotopic (exact) mass is 337 g/mol. The highest BCUT2D eigenvalue weighted by Gasteiger charge is 2.34. The summed E-state index contributed by atoms with van der Waals surface area (Å²) in [6.07, 6.45) is 4.26. The molecule has 1 aromatic heterocycles. The highest BCUT2D eigenvalue weighted by atomic mass is 16.5. The minimum atomic E-state index is -0.481. The number of carbonyl (C=O) groups excluding carboxylic acids is 1. The molecule has 1 saturated heterocycles. The number of nitrogens with one attached hydrogen (secondary N) is 1. The molecule has 0 atom stereocenters. The molecule has 24 heavy (non-hydrogen) atoms. The van der Waals surface area contributed by atoms with Gasteiger partial charge in [0.2, 0.25) is 0 Å². The molecule has 0 aromatic carbocycles. The van der Waals surface area contributed by atoms with Crippen molar-refractivity contribution in [2.45, 2.75) is 45.1 Å². The van der Waals surface area contributed by atoms with Crippen molar-refractivity contribution in [2.75, 3.05) is 33.0 Å². The van der Waals surface area contributed by atoms with Gasteiger partial charge in [-0.15, -0.1) is 0 Å². The lowest BCUT2D eigenvalue weighted by Crippen LogP contribution is -2.49. The molecule has 0 unspecified atom stereocenters. The van der Waals surface area contributed by atoms with Crippen molar-refractivity contribution in [3.63, 3.8) is 0 Å². The molecule has 2 N–H and O–H groups in total. The zero-order valence-corrected chi connectivity index (χ0v) is 14.5. The summed E-state index contributed by atoms with van der Waals surface area (Å²) < 4.78 is 11.2. The molecule has 1 aromatic rings. The molecule has 0 saturated carbocycles. The number of aliphatic hydroxyl groups excluding tert-OH is 1. The van der Waals surface area contributed by atoms with Crippen LogP contribution in [0.2, 0.25) is 0 Å². The second kappa shape index (κ2) is 9.05. The predicted molar refractivity (Wildman–Crippen MR) is 88.9 cm³/mol. The lowest BCUT2D eigenvalue weighted by atomic mass is 9.93. The fourth-order valence-electron chi connectivity index (χ4n) is 2.97. The van der Waals surface area contributed by atoms with Crippen molar-refractivity contribution < 1.29 is 19.4 Å². The molecular weight excluding hydrogens is 310 g/mol. The maximum absolute atomic E-state index is 12.7. The Morgan fingerprint density at radius 1 is 1.29 bits per heavy atom. The van der Waals surface area contributed by atoms with Crippen LogP contribution in [0.25, 0.3) is 0 Å². The molecule has 2 rings (SSSR count). The molecule has 1 fully saturated rings. The summed E-state index contributed by atoms with van der Waals surface area (Å²) >= 11 is 0. The minimum absolute atomic E-state index is 0.0386. The first-order valence-electron chi connectivity index (χ1n) is 8.59. The van der Waals surface area contributed by atoms with Crippen LogP contribution in [0.1, 0.15) is 48.4 Å². The van der Waals surface area contributed by atoms with Crippen LogP contribution in [0, 0.1) is 0 Å². The zero-order valence-electron chi connectivity index (χ0n) is 14.5. The lowest BCUT2D eigenvalue weighted by Gasteiger charge is -2.37. The third-order valence-corrected chi connectivity index (χ3v) is 4.38. The van der Waals surface area contributed by atoms with Gasteiger partial charge in [0.15, 0.2) is 0 Å². The zero-order chi connectivity index (χ0) is 17.4. The van der Waals surface area contributed by atoms with E-state index in [1.165, 1.54) is 6.33 Å². The normalized spacial score (nSPS) is 16.8. The van der Waals surface area contributed by atoms with Crippen LogP contribution in [0.15, 0.2) is 6.33 Å². The van der Waals surface area contributed by atoms with E-state index in [1.54, 1.807) is 0 Å². The number of aryl methyl sites for hydroxylation is 2. The molecule has 7 heteroatoms. The third-order valence-electron chi connectivity index (χ3n) is 4.38. The van der Waals surface area contributed by atoms with Gasteiger partial charge < -0.3 is 19.9 Å². The molecule has 134 valence electrons. The molecular formula is C17H27N3O4. The Morgan fingerprint density at radius 3 is 2.46 bits per heavy atom. The lowest BCUT2D eigenvalue weighted by molar-refractivity contribution is -0.114. The first kappa shape index (κ1) is 18.8. The van der Waals surface area contributed by atoms with E-state index in [0.29, 0.717) is 51.0 Å². The van der Waals surface area contributed by atoms with Crippen LogP contribution in [0.5, 0.6) is 0 Å². The van der Waals surface area contributed by atoms with Crippen LogP contribution in [-0.4, -0.2) is 59.6 Å². The number of carbonyl (C=O) groups is 1. The van der Waals surface area contributed by atoms with E-state index in [-0.39, 0.29) is 19.1 Å². The van der Waals surface area contributed by atoms with Gasteiger partial charge in [-0.1, -0.05) is 13.8 Å². The quantitative estimate of drug-likeness (QED) is 0.732. The summed E-state index contributed by atoms with van der Waals surface area (Å²) in [7, 11) is 0. The second-order valence-corrected chi connectivity index (χ2v) is 5.90. The van der Waals surface area contributed by atoms with Crippen molar-refractivity contribution in [1.29, 1.82) is 0 Å². The molecule has 7 nitrogen and oxygen atoms in total. The average molecular weight is 337 g/mol. The van der Waals surface area contributed by atoms with Gasteiger partial charge >= 0.3 is 0 Å². The Bertz CT molecular complexity index is 522. The Morgan fingerprint density at radius 2 is 1.92 bits per heavy atom. The molecule has 0 spiro atoms. The van der Waals surface area contributed by atoms with Crippen molar-refractivity contribution in [3.8, 4) is 0 Å². The van der Waals surface area contributed by atoms with Crippen molar-refractivity contribution >= 4 is 5.91 Å². The predicted octanol–water partition coefficient (Wildman–Crippen LogP) is 0.889. The van der Waals surface area contributed by atoms with Gasteiger partial charge in [-0.2, -0.15) is 0 Å².